The summed E-state index contributed by atoms with van der Waals surface area (Å²) in [6.45, 7) is 0. The van der Waals surface area contributed by atoms with Crippen molar-refractivity contribution in [3.63, 3.8) is 0 Å². The highest BCUT2D eigenvalue weighted by Crippen LogP contribution is 2.30. The van der Waals surface area contributed by atoms with Gasteiger partial charge in [-0.1, -0.05) is 17.7 Å². The van der Waals surface area contributed by atoms with E-state index in [1.165, 1.54) is 12.1 Å². The van der Waals surface area contributed by atoms with Gasteiger partial charge in [0.2, 0.25) is 0 Å². The first kappa shape index (κ1) is 12.9. The molecule has 0 spiro atoms. The van der Waals surface area contributed by atoms with Crippen LogP contribution in [0.2, 0.25) is 5.02 Å². The lowest BCUT2D eigenvalue weighted by Crippen LogP contribution is -1.89. The Morgan fingerprint density at radius 2 is 2.06 bits per heavy atom. The number of nitrogens with zero attached hydrogens (tertiary/aromatic N) is 1. The predicted octanol–water partition coefficient (Wildman–Crippen LogP) is 4.91. The molecule has 5 heteroatoms. The Balaban J connectivity index is 2.32. The zero-order chi connectivity index (χ0) is 13.1. The van der Waals surface area contributed by atoms with Crippen molar-refractivity contribution < 1.29 is 9.13 Å². The van der Waals surface area contributed by atoms with Crippen molar-refractivity contribution in [3.8, 4) is 17.6 Å². The quantitative estimate of drug-likeness (QED) is 0.786. The van der Waals surface area contributed by atoms with Crippen molar-refractivity contribution in [3.05, 3.63) is 57.3 Å². The van der Waals surface area contributed by atoms with Gasteiger partial charge in [-0.25, -0.2) is 4.39 Å². The Labute approximate surface area is 117 Å². The van der Waals surface area contributed by atoms with Crippen molar-refractivity contribution in [1.29, 1.82) is 5.26 Å². The number of hydrogen-bond acceptors (Lipinski definition) is 2. The molecule has 0 unspecified atom stereocenters. The van der Waals surface area contributed by atoms with Gasteiger partial charge in [0.1, 0.15) is 11.8 Å². The van der Waals surface area contributed by atoms with Crippen LogP contribution in [0.25, 0.3) is 0 Å². The first-order valence-electron chi connectivity index (χ1n) is 4.93. The van der Waals surface area contributed by atoms with Gasteiger partial charge >= 0.3 is 0 Å². The zero-order valence-electron chi connectivity index (χ0n) is 8.95. The van der Waals surface area contributed by atoms with Crippen molar-refractivity contribution in [2.75, 3.05) is 0 Å². The molecule has 2 aromatic carbocycles. The molecular formula is C13H6BrClFNO. The van der Waals surface area contributed by atoms with E-state index in [0.717, 1.165) is 0 Å². The highest BCUT2D eigenvalue weighted by atomic mass is 79.9. The summed E-state index contributed by atoms with van der Waals surface area (Å²) in [5.74, 6) is -0.152. The van der Waals surface area contributed by atoms with Gasteiger partial charge in [0.05, 0.1) is 10.6 Å². The summed E-state index contributed by atoms with van der Waals surface area (Å²) in [5, 5.41) is 8.78. The molecule has 0 bridgehead atoms. The monoisotopic (exact) mass is 325 g/mol. The van der Waals surface area contributed by atoms with Crippen LogP contribution < -0.4 is 4.74 Å². The first-order chi connectivity index (χ1) is 8.61. The summed E-state index contributed by atoms with van der Waals surface area (Å²) < 4.78 is 19.6. The lowest BCUT2D eigenvalue weighted by Gasteiger charge is -2.08. The third-order valence-corrected chi connectivity index (χ3v) is 3.15. The van der Waals surface area contributed by atoms with Gasteiger partial charge in [0, 0.05) is 4.47 Å². The van der Waals surface area contributed by atoms with Crippen LogP contribution >= 0.6 is 27.5 Å². The Hall–Kier alpha value is -1.57. The normalized spacial score (nSPS) is 9.89. The lowest BCUT2D eigenvalue weighted by atomic mass is 10.2. The van der Waals surface area contributed by atoms with Gasteiger partial charge in [0.15, 0.2) is 11.6 Å². The van der Waals surface area contributed by atoms with Gasteiger partial charge in [-0.15, -0.1) is 0 Å². The van der Waals surface area contributed by atoms with Crippen molar-refractivity contribution in [2.45, 2.75) is 0 Å². The van der Waals surface area contributed by atoms with Crippen LogP contribution in [-0.2, 0) is 0 Å². The summed E-state index contributed by atoms with van der Waals surface area (Å²) in [4.78, 5) is 0. The van der Waals surface area contributed by atoms with Crippen LogP contribution in [0, 0.1) is 17.1 Å². The number of halogens is 3. The lowest BCUT2D eigenvalue weighted by molar-refractivity contribution is 0.442. The molecule has 0 saturated heterocycles. The molecule has 0 atom stereocenters. The van der Waals surface area contributed by atoms with E-state index in [1.54, 1.807) is 24.3 Å². The maximum absolute atomic E-state index is 13.6. The third-order valence-electron chi connectivity index (χ3n) is 2.20. The Kier molecular flexibility index (Phi) is 3.85. The third kappa shape index (κ3) is 2.63. The second-order valence-corrected chi connectivity index (χ2v) is 4.67. The van der Waals surface area contributed by atoms with E-state index in [-0.39, 0.29) is 10.8 Å². The topological polar surface area (TPSA) is 33.0 Å². The van der Waals surface area contributed by atoms with E-state index in [4.69, 9.17) is 21.6 Å². The van der Waals surface area contributed by atoms with E-state index in [9.17, 15) is 4.39 Å². The molecule has 0 radical (unpaired) electrons. The van der Waals surface area contributed by atoms with Crippen LogP contribution in [-0.4, -0.2) is 0 Å². The fourth-order valence-electron chi connectivity index (χ4n) is 1.34. The Bertz CT molecular complexity index is 639. The molecule has 0 aromatic heterocycles. The minimum absolute atomic E-state index is 0.000195. The maximum atomic E-state index is 13.6. The smallest absolute Gasteiger partial charge is 0.184 e. The number of hydrogen-bond donors (Lipinski definition) is 0. The van der Waals surface area contributed by atoms with Gasteiger partial charge in [0.25, 0.3) is 0 Å². The predicted molar refractivity (Wildman–Crippen MR) is 70.3 cm³/mol. The first-order valence-corrected chi connectivity index (χ1v) is 6.10. The maximum Gasteiger partial charge on any atom is 0.184 e. The van der Waals surface area contributed by atoms with E-state index in [0.29, 0.717) is 15.8 Å². The molecule has 2 aromatic rings. The molecule has 2 rings (SSSR count). The fourth-order valence-corrected chi connectivity index (χ4v) is 1.95. The standard InChI is InChI=1S/C13H6BrClFNO/c14-10-6-9(5-4-8(10)7-17)18-12-3-1-2-11(15)13(12)16/h1-6H. The van der Waals surface area contributed by atoms with Crippen molar-refractivity contribution in [1.82, 2.24) is 0 Å². The average Bonchev–Trinajstić information content (AvgIpc) is 2.35. The number of nitriles is 1. The second kappa shape index (κ2) is 5.38. The zero-order valence-corrected chi connectivity index (χ0v) is 11.3. The molecular weight excluding hydrogens is 321 g/mol. The molecule has 0 N–H and O–H groups in total. The van der Waals surface area contributed by atoms with Crippen molar-refractivity contribution >= 4 is 27.5 Å². The Morgan fingerprint density at radius 1 is 1.28 bits per heavy atom. The molecule has 0 aliphatic rings. The molecule has 0 aliphatic carbocycles. The van der Waals surface area contributed by atoms with Crippen LogP contribution in [0.5, 0.6) is 11.5 Å². The molecule has 0 aliphatic heterocycles. The van der Waals surface area contributed by atoms with Crippen LogP contribution in [0.3, 0.4) is 0 Å². The highest BCUT2D eigenvalue weighted by Gasteiger charge is 2.09. The van der Waals surface area contributed by atoms with Gasteiger partial charge in [-0.05, 0) is 46.3 Å². The molecule has 90 valence electrons. The van der Waals surface area contributed by atoms with E-state index >= 15 is 0 Å². The van der Waals surface area contributed by atoms with Gasteiger partial charge < -0.3 is 4.74 Å². The molecule has 0 amide bonds. The fraction of sp³-hybridized carbons (Fsp3) is 0. The Morgan fingerprint density at radius 3 is 2.72 bits per heavy atom. The van der Waals surface area contributed by atoms with E-state index in [2.05, 4.69) is 15.9 Å². The molecule has 0 heterocycles. The minimum Gasteiger partial charge on any atom is -0.454 e. The van der Waals surface area contributed by atoms with E-state index in [1.807, 2.05) is 6.07 Å². The van der Waals surface area contributed by atoms with Crippen LogP contribution in [0.4, 0.5) is 4.39 Å². The van der Waals surface area contributed by atoms with Crippen LogP contribution in [0.1, 0.15) is 5.56 Å². The summed E-state index contributed by atoms with van der Waals surface area (Å²) >= 11 is 8.88. The number of rotatable bonds is 2. The second-order valence-electron chi connectivity index (χ2n) is 3.41. The van der Waals surface area contributed by atoms with Gasteiger partial charge in [-0.2, -0.15) is 5.26 Å². The average molecular weight is 327 g/mol. The number of benzene rings is 2. The minimum atomic E-state index is -0.611. The summed E-state index contributed by atoms with van der Waals surface area (Å²) in [5.41, 5.74) is 0.480. The molecule has 0 fully saturated rings. The molecule has 0 saturated carbocycles. The van der Waals surface area contributed by atoms with Crippen LogP contribution in [0.15, 0.2) is 40.9 Å². The summed E-state index contributed by atoms with van der Waals surface area (Å²) in [7, 11) is 0. The summed E-state index contributed by atoms with van der Waals surface area (Å²) in [6.07, 6.45) is 0. The van der Waals surface area contributed by atoms with Crippen molar-refractivity contribution in [2.24, 2.45) is 0 Å². The number of ether oxygens (including phenoxy) is 1. The highest BCUT2D eigenvalue weighted by molar-refractivity contribution is 9.10. The molecule has 2 nitrogen and oxygen atoms in total. The van der Waals surface area contributed by atoms with E-state index < -0.39 is 5.82 Å². The largest absolute Gasteiger partial charge is 0.454 e. The SMILES string of the molecule is N#Cc1ccc(Oc2cccc(Cl)c2F)cc1Br. The molecule has 18 heavy (non-hydrogen) atoms. The van der Waals surface area contributed by atoms with Gasteiger partial charge in [-0.3, -0.25) is 0 Å². The summed E-state index contributed by atoms with van der Waals surface area (Å²) in [6, 6.07) is 11.3.